The minimum atomic E-state index is -0.563. The third-order valence-electron chi connectivity index (χ3n) is 6.12. The molecule has 0 aromatic heterocycles. The van der Waals surface area contributed by atoms with Crippen LogP contribution in [0.15, 0.2) is 59.5 Å². The van der Waals surface area contributed by atoms with Crippen LogP contribution in [0.25, 0.3) is 6.08 Å². The normalized spacial score (nSPS) is 14.0. The molecule has 1 fully saturated rings. The highest BCUT2D eigenvalue weighted by Crippen LogP contribution is 2.35. The van der Waals surface area contributed by atoms with Crippen LogP contribution in [0.1, 0.15) is 27.8 Å². The number of hydrogen-bond donors (Lipinski definition) is 1. The van der Waals surface area contributed by atoms with Crippen molar-refractivity contribution in [1.29, 1.82) is 0 Å². The van der Waals surface area contributed by atoms with Gasteiger partial charge in [0.15, 0.2) is 11.5 Å². The number of benzene rings is 3. The Labute approximate surface area is 235 Å². The van der Waals surface area contributed by atoms with Crippen LogP contribution in [-0.2, 0) is 16.2 Å². The monoisotopic (exact) mass is 561 g/mol. The third kappa shape index (κ3) is 6.49. The fourth-order valence-electron chi connectivity index (χ4n) is 4.30. The fraction of sp³-hybridized carbons (Fsp3) is 0.207. The third-order valence-corrected chi connectivity index (χ3v) is 7.03. The van der Waals surface area contributed by atoms with E-state index in [4.69, 9.17) is 9.47 Å². The first kappa shape index (κ1) is 28.4. The number of anilines is 1. The van der Waals surface area contributed by atoms with E-state index in [1.807, 2.05) is 32.9 Å². The molecule has 1 aliphatic rings. The molecule has 40 heavy (non-hydrogen) atoms. The summed E-state index contributed by atoms with van der Waals surface area (Å²) in [5, 5.41) is 13.3. The first-order chi connectivity index (χ1) is 19.0. The van der Waals surface area contributed by atoms with Crippen molar-refractivity contribution in [2.75, 3.05) is 19.0 Å². The van der Waals surface area contributed by atoms with Gasteiger partial charge in [-0.3, -0.25) is 29.4 Å². The largest absolute Gasteiger partial charge is 0.493 e. The first-order valence-electron chi connectivity index (χ1n) is 12.2. The topological polar surface area (TPSA) is 128 Å². The van der Waals surface area contributed by atoms with Gasteiger partial charge in [0.05, 0.1) is 16.9 Å². The fourth-order valence-corrected chi connectivity index (χ4v) is 5.14. The zero-order valence-corrected chi connectivity index (χ0v) is 23.2. The van der Waals surface area contributed by atoms with Gasteiger partial charge in [-0.05, 0) is 73.0 Å². The van der Waals surface area contributed by atoms with Crippen LogP contribution in [0.4, 0.5) is 16.2 Å². The number of hydrogen-bond acceptors (Lipinski definition) is 8. The molecule has 1 saturated heterocycles. The van der Waals surface area contributed by atoms with Crippen molar-refractivity contribution >= 4 is 46.3 Å². The van der Waals surface area contributed by atoms with Gasteiger partial charge in [-0.1, -0.05) is 35.9 Å². The number of carbonyl (C=O) groups is 3. The summed E-state index contributed by atoms with van der Waals surface area (Å²) in [7, 11) is 1.46. The van der Waals surface area contributed by atoms with Gasteiger partial charge in [0, 0.05) is 17.8 Å². The summed E-state index contributed by atoms with van der Waals surface area (Å²) in [6, 6.07) is 15.0. The number of methoxy groups -OCH3 is 1. The number of non-ortho nitro benzene ring substituents is 1. The van der Waals surface area contributed by atoms with Crippen molar-refractivity contribution in [3.8, 4) is 11.5 Å². The second-order valence-corrected chi connectivity index (χ2v) is 10.2. The van der Waals surface area contributed by atoms with Crippen molar-refractivity contribution in [1.82, 2.24) is 4.90 Å². The lowest BCUT2D eigenvalue weighted by atomic mass is 10.1. The van der Waals surface area contributed by atoms with Gasteiger partial charge < -0.3 is 14.8 Å². The predicted octanol–water partition coefficient (Wildman–Crippen LogP) is 5.78. The summed E-state index contributed by atoms with van der Waals surface area (Å²) < 4.78 is 11.2. The van der Waals surface area contributed by atoms with Gasteiger partial charge >= 0.3 is 0 Å². The molecule has 0 saturated carbocycles. The second kappa shape index (κ2) is 12.0. The summed E-state index contributed by atoms with van der Waals surface area (Å²) in [6.45, 7) is 5.42. The van der Waals surface area contributed by atoms with Crippen molar-refractivity contribution < 1.29 is 28.8 Å². The Morgan fingerprint density at radius 2 is 1.77 bits per heavy atom. The molecule has 206 valence electrons. The lowest BCUT2D eigenvalue weighted by molar-refractivity contribution is -0.384. The highest BCUT2D eigenvalue weighted by molar-refractivity contribution is 8.18. The standard InChI is InChI=1S/C29H27N3O7S/c1-17-10-18(2)27(19(3)11-17)30-26(33)15-31-28(34)25(40-29(31)35)14-20-8-9-23(24(13-20)38-4)39-16-21-6-5-7-22(12-21)32(36)37/h5-14H,15-16H2,1-4H3,(H,30,33)/b25-14+. The van der Waals surface area contributed by atoms with Crippen LogP contribution in [0.5, 0.6) is 11.5 Å². The van der Waals surface area contributed by atoms with Gasteiger partial charge in [0.2, 0.25) is 5.91 Å². The number of amides is 3. The number of rotatable bonds is 9. The molecule has 1 heterocycles. The molecular weight excluding hydrogens is 534 g/mol. The molecule has 3 aromatic rings. The Morgan fingerprint density at radius 1 is 1.05 bits per heavy atom. The zero-order chi connectivity index (χ0) is 29.0. The number of carbonyl (C=O) groups excluding carboxylic acids is 3. The number of nitrogens with one attached hydrogen (secondary N) is 1. The van der Waals surface area contributed by atoms with Crippen molar-refractivity contribution in [2.24, 2.45) is 0 Å². The van der Waals surface area contributed by atoms with Crippen LogP contribution in [-0.4, -0.2) is 40.5 Å². The van der Waals surface area contributed by atoms with E-state index in [-0.39, 0.29) is 17.2 Å². The van der Waals surface area contributed by atoms with Crippen LogP contribution < -0.4 is 14.8 Å². The summed E-state index contributed by atoms with van der Waals surface area (Å²) in [4.78, 5) is 49.9. The predicted molar refractivity (Wildman–Crippen MR) is 152 cm³/mol. The average molecular weight is 562 g/mol. The average Bonchev–Trinajstić information content (AvgIpc) is 3.17. The highest BCUT2D eigenvalue weighted by Gasteiger charge is 2.36. The van der Waals surface area contributed by atoms with Gasteiger partial charge in [-0.25, -0.2) is 0 Å². The van der Waals surface area contributed by atoms with Gasteiger partial charge in [-0.2, -0.15) is 0 Å². The molecule has 4 rings (SSSR count). The number of nitro groups is 1. The van der Waals surface area contributed by atoms with Crippen molar-refractivity contribution in [2.45, 2.75) is 27.4 Å². The number of nitro benzene ring substituents is 1. The van der Waals surface area contributed by atoms with E-state index in [0.717, 1.165) is 33.4 Å². The molecule has 1 aliphatic heterocycles. The molecule has 0 atom stereocenters. The van der Waals surface area contributed by atoms with Crippen LogP contribution in [0.2, 0.25) is 0 Å². The maximum Gasteiger partial charge on any atom is 0.294 e. The van der Waals surface area contributed by atoms with E-state index in [0.29, 0.717) is 28.3 Å². The number of ether oxygens (including phenoxy) is 2. The minimum absolute atomic E-state index is 0.0322. The van der Waals surface area contributed by atoms with Gasteiger partial charge in [0.25, 0.3) is 16.8 Å². The number of thioether (sulfide) groups is 1. The summed E-state index contributed by atoms with van der Waals surface area (Å²) in [5.41, 5.74) is 4.69. The van der Waals surface area contributed by atoms with E-state index in [2.05, 4.69) is 5.32 Å². The Kier molecular flexibility index (Phi) is 8.54. The van der Waals surface area contributed by atoms with E-state index >= 15 is 0 Å². The molecule has 3 aromatic carbocycles. The number of nitrogens with zero attached hydrogens (tertiary/aromatic N) is 2. The number of aryl methyl sites for hydroxylation is 3. The molecular formula is C29H27N3O7S. The Morgan fingerprint density at radius 3 is 2.45 bits per heavy atom. The lowest BCUT2D eigenvalue weighted by Crippen LogP contribution is -2.36. The molecule has 11 heteroatoms. The van der Waals surface area contributed by atoms with Crippen LogP contribution in [0.3, 0.4) is 0 Å². The van der Waals surface area contributed by atoms with Crippen molar-refractivity contribution in [3.63, 3.8) is 0 Å². The summed E-state index contributed by atoms with van der Waals surface area (Å²) >= 11 is 0.753. The Balaban J connectivity index is 1.44. The molecule has 0 spiro atoms. The first-order valence-corrected chi connectivity index (χ1v) is 13.0. The molecule has 10 nitrogen and oxygen atoms in total. The van der Waals surface area contributed by atoms with Crippen LogP contribution >= 0.6 is 11.8 Å². The maximum absolute atomic E-state index is 13.0. The summed E-state index contributed by atoms with van der Waals surface area (Å²) in [5.74, 6) is -0.253. The second-order valence-electron chi connectivity index (χ2n) is 9.22. The Hall–Kier alpha value is -4.64. The molecule has 3 amide bonds. The van der Waals surface area contributed by atoms with Gasteiger partial charge in [0.1, 0.15) is 13.2 Å². The number of imide groups is 1. The van der Waals surface area contributed by atoms with E-state index < -0.39 is 28.5 Å². The smallest absolute Gasteiger partial charge is 0.294 e. The molecule has 0 bridgehead atoms. The molecule has 0 aliphatic carbocycles. The molecule has 0 radical (unpaired) electrons. The quantitative estimate of drug-likeness (QED) is 0.198. The maximum atomic E-state index is 13.0. The molecule has 1 N–H and O–H groups in total. The summed E-state index contributed by atoms with van der Waals surface area (Å²) in [6.07, 6.45) is 1.55. The zero-order valence-electron chi connectivity index (χ0n) is 22.3. The van der Waals surface area contributed by atoms with E-state index in [1.54, 1.807) is 36.4 Å². The Bertz CT molecular complexity index is 1530. The van der Waals surface area contributed by atoms with E-state index in [1.165, 1.54) is 19.2 Å². The SMILES string of the molecule is COc1cc(/C=C2/SC(=O)N(CC(=O)Nc3c(C)cc(C)cc3C)C2=O)ccc1OCc1cccc([N+](=O)[O-])c1. The van der Waals surface area contributed by atoms with Gasteiger partial charge in [-0.15, -0.1) is 0 Å². The van der Waals surface area contributed by atoms with E-state index in [9.17, 15) is 24.5 Å². The lowest BCUT2D eigenvalue weighted by Gasteiger charge is -2.16. The van der Waals surface area contributed by atoms with Crippen LogP contribution in [0, 0.1) is 30.9 Å². The minimum Gasteiger partial charge on any atom is -0.493 e. The van der Waals surface area contributed by atoms with Crippen molar-refractivity contribution in [3.05, 3.63) is 97.4 Å². The highest BCUT2D eigenvalue weighted by atomic mass is 32.2. The molecule has 0 unspecified atom stereocenters.